The third kappa shape index (κ3) is 5.55. The van der Waals surface area contributed by atoms with E-state index < -0.39 is 0 Å². The number of hydrogen-bond acceptors (Lipinski definition) is 3. The van der Waals surface area contributed by atoms with E-state index in [9.17, 15) is 9.59 Å². The molecule has 0 heterocycles. The van der Waals surface area contributed by atoms with Crippen molar-refractivity contribution in [2.75, 3.05) is 23.8 Å². The van der Waals surface area contributed by atoms with Crippen molar-refractivity contribution in [3.63, 3.8) is 0 Å². The van der Waals surface area contributed by atoms with E-state index in [1.807, 2.05) is 48.5 Å². The van der Waals surface area contributed by atoms with Crippen LogP contribution in [-0.4, -0.2) is 25.4 Å². The first kappa shape index (κ1) is 21.3. The average Bonchev–Trinajstić information content (AvgIpc) is 2.80. The second-order valence-corrected chi connectivity index (χ2v) is 7.08. The molecule has 30 heavy (non-hydrogen) atoms. The highest BCUT2D eigenvalue weighted by atomic mass is 16.2. The SMILES string of the molecule is CCC(NCC(=O)Nc1cccc(C(=O)N(C)c2ccccc2)c1)c1ccccc1. The van der Waals surface area contributed by atoms with Crippen LogP contribution < -0.4 is 15.5 Å². The molecule has 5 heteroatoms. The van der Waals surface area contributed by atoms with Crippen molar-refractivity contribution in [1.82, 2.24) is 5.32 Å². The summed E-state index contributed by atoms with van der Waals surface area (Å²) in [6, 6.07) is 26.6. The maximum Gasteiger partial charge on any atom is 0.258 e. The van der Waals surface area contributed by atoms with Gasteiger partial charge in [-0.25, -0.2) is 0 Å². The molecule has 3 aromatic rings. The van der Waals surface area contributed by atoms with Gasteiger partial charge in [0.1, 0.15) is 0 Å². The number of anilines is 2. The monoisotopic (exact) mass is 401 g/mol. The molecule has 0 aromatic heterocycles. The van der Waals surface area contributed by atoms with Gasteiger partial charge in [-0.1, -0.05) is 61.5 Å². The molecule has 0 spiro atoms. The number of nitrogens with zero attached hydrogens (tertiary/aromatic N) is 1. The normalized spacial score (nSPS) is 11.5. The zero-order valence-electron chi connectivity index (χ0n) is 17.3. The van der Waals surface area contributed by atoms with Gasteiger partial charge in [0, 0.05) is 30.0 Å². The molecule has 0 aliphatic carbocycles. The van der Waals surface area contributed by atoms with Crippen molar-refractivity contribution in [2.24, 2.45) is 0 Å². The quantitative estimate of drug-likeness (QED) is 0.578. The lowest BCUT2D eigenvalue weighted by atomic mass is 10.0. The number of hydrogen-bond donors (Lipinski definition) is 2. The Labute approximate surface area is 177 Å². The minimum absolute atomic E-state index is 0.115. The lowest BCUT2D eigenvalue weighted by Gasteiger charge is -2.18. The van der Waals surface area contributed by atoms with Gasteiger partial charge in [-0.05, 0) is 42.3 Å². The van der Waals surface area contributed by atoms with Crippen LogP contribution in [0.4, 0.5) is 11.4 Å². The topological polar surface area (TPSA) is 61.4 Å². The van der Waals surface area contributed by atoms with Gasteiger partial charge in [0.25, 0.3) is 5.91 Å². The van der Waals surface area contributed by atoms with E-state index in [0.717, 1.165) is 17.7 Å². The lowest BCUT2D eigenvalue weighted by molar-refractivity contribution is -0.115. The van der Waals surface area contributed by atoms with Crippen molar-refractivity contribution < 1.29 is 9.59 Å². The number of nitrogens with one attached hydrogen (secondary N) is 2. The molecule has 0 radical (unpaired) electrons. The molecule has 2 N–H and O–H groups in total. The summed E-state index contributed by atoms with van der Waals surface area (Å²) in [5.74, 6) is -0.282. The largest absolute Gasteiger partial charge is 0.325 e. The van der Waals surface area contributed by atoms with E-state index in [1.165, 1.54) is 0 Å². The summed E-state index contributed by atoms with van der Waals surface area (Å²) in [6.07, 6.45) is 0.882. The summed E-state index contributed by atoms with van der Waals surface area (Å²) >= 11 is 0. The summed E-state index contributed by atoms with van der Waals surface area (Å²) in [4.78, 5) is 26.8. The number of rotatable bonds is 8. The fraction of sp³-hybridized carbons (Fsp3) is 0.200. The summed E-state index contributed by atoms with van der Waals surface area (Å²) in [6.45, 7) is 2.27. The summed E-state index contributed by atoms with van der Waals surface area (Å²) in [5, 5.41) is 6.17. The van der Waals surface area contributed by atoms with Gasteiger partial charge in [0.05, 0.1) is 6.54 Å². The number of amides is 2. The maximum absolute atomic E-state index is 12.8. The third-order valence-electron chi connectivity index (χ3n) is 4.96. The van der Waals surface area contributed by atoms with Gasteiger partial charge in [-0.2, -0.15) is 0 Å². The Morgan fingerprint density at radius 1 is 0.900 bits per heavy atom. The van der Waals surface area contributed by atoms with Crippen LogP contribution in [0, 0.1) is 0 Å². The molecule has 0 saturated carbocycles. The second-order valence-electron chi connectivity index (χ2n) is 7.08. The Hall–Kier alpha value is -3.44. The standard InChI is InChI=1S/C25H27N3O2/c1-3-23(19-11-6-4-7-12-19)26-18-24(29)27-21-14-10-13-20(17-21)25(30)28(2)22-15-8-5-9-16-22/h4-17,23,26H,3,18H2,1-2H3,(H,27,29). The van der Waals surface area contributed by atoms with E-state index in [2.05, 4.69) is 29.7 Å². The number of para-hydroxylation sites is 1. The average molecular weight is 402 g/mol. The smallest absolute Gasteiger partial charge is 0.258 e. The Balaban J connectivity index is 1.60. The molecule has 1 unspecified atom stereocenters. The fourth-order valence-electron chi connectivity index (χ4n) is 3.30. The predicted octanol–water partition coefficient (Wildman–Crippen LogP) is 4.64. The molecule has 0 saturated heterocycles. The molecule has 154 valence electrons. The minimum Gasteiger partial charge on any atom is -0.325 e. The fourth-order valence-corrected chi connectivity index (χ4v) is 3.30. The van der Waals surface area contributed by atoms with Gasteiger partial charge in [0.2, 0.25) is 5.91 Å². The van der Waals surface area contributed by atoms with Crippen LogP contribution in [0.2, 0.25) is 0 Å². The number of carbonyl (C=O) groups is 2. The van der Waals surface area contributed by atoms with Crippen molar-refractivity contribution in [3.05, 3.63) is 96.1 Å². The van der Waals surface area contributed by atoms with E-state index in [-0.39, 0.29) is 24.4 Å². The zero-order chi connectivity index (χ0) is 21.3. The summed E-state index contributed by atoms with van der Waals surface area (Å²) < 4.78 is 0. The third-order valence-corrected chi connectivity index (χ3v) is 4.96. The van der Waals surface area contributed by atoms with Crippen molar-refractivity contribution in [1.29, 1.82) is 0 Å². The second kappa shape index (κ2) is 10.4. The van der Waals surface area contributed by atoms with E-state index in [0.29, 0.717) is 11.3 Å². The molecule has 3 rings (SSSR count). The molecule has 0 aliphatic rings. The molecular weight excluding hydrogens is 374 g/mol. The van der Waals surface area contributed by atoms with Crippen LogP contribution in [0.25, 0.3) is 0 Å². The lowest BCUT2D eigenvalue weighted by Crippen LogP contribution is -2.31. The first-order chi connectivity index (χ1) is 14.6. The summed E-state index contributed by atoms with van der Waals surface area (Å²) in [5.41, 5.74) is 3.08. The molecule has 2 amide bonds. The minimum atomic E-state index is -0.148. The highest BCUT2D eigenvalue weighted by Gasteiger charge is 2.15. The Kier molecular flexibility index (Phi) is 7.35. The predicted molar refractivity (Wildman–Crippen MR) is 122 cm³/mol. The van der Waals surface area contributed by atoms with Gasteiger partial charge >= 0.3 is 0 Å². The van der Waals surface area contributed by atoms with Crippen LogP contribution >= 0.6 is 0 Å². The molecule has 3 aromatic carbocycles. The molecule has 1 atom stereocenters. The van der Waals surface area contributed by atoms with Crippen LogP contribution in [0.5, 0.6) is 0 Å². The van der Waals surface area contributed by atoms with Crippen LogP contribution in [0.3, 0.4) is 0 Å². The van der Waals surface area contributed by atoms with E-state index in [4.69, 9.17) is 0 Å². The van der Waals surface area contributed by atoms with Crippen LogP contribution in [0.1, 0.15) is 35.3 Å². The highest BCUT2D eigenvalue weighted by molar-refractivity contribution is 6.06. The van der Waals surface area contributed by atoms with Gasteiger partial charge in [-0.3, -0.25) is 9.59 Å². The maximum atomic E-state index is 12.8. The Bertz CT molecular complexity index is 974. The van der Waals surface area contributed by atoms with E-state index in [1.54, 1.807) is 36.2 Å². The molecule has 5 nitrogen and oxygen atoms in total. The highest BCUT2D eigenvalue weighted by Crippen LogP contribution is 2.18. The molecule has 0 fully saturated rings. The van der Waals surface area contributed by atoms with Gasteiger partial charge in [0.15, 0.2) is 0 Å². The van der Waals surface area contributed by atoms with Crippen molar-refractivity contribution >= 4 is 23.2 Å². The van der Waals surface area contributed by atoms with Crippen LogP contribution in [-0.2, 0) is 4.79 Å². The number of benzene rings is 3. The first-order valence-electron chi connectivity index (χ1n) is 10.1. The first-order valence-corrected chi connectivity index (χ1v) is 10.1. The molecular formula is C25H27N3O2. The van der Waals surface area contributed by atoms with Crippen molar-refractivity contribution in [2.45, 2.75) is 19.4 Å². The Morgan fingerprint density at radius 2 is 1.57 bits per heavy atom. The molecule has 0 aliphatic heterocycles. The van der Waals surface area contributed by atoms with Crippen LogP contribution in [0.15, 0.2) is 84.9 Å². The van der Waals surface area contributed by atoms with E-state index >= 15 is 0 Å². The zero-order valence-corrected chi connectivity index (χ0v) is 17.3. The summed E-state index contributed by atoms with van der Waals surface area (Å²) in [7, 11) is 1.74. The van der Waals surface area contributed by atoms with Gasteiger partial charge in [-0.15, -0.1) is 0 Å². The van der Waals surface area contributed by atoms with Crippen molar-refractivity contribution in [3.8, 4) is 0 Å². The number of carbonyl (C=O) groups excluding carboxylic acids is 2. The Morgan fingerprint density at radius 3 is 2.23 bits per heavy atom. The van der Waals surface area contributed by atoms with Gasteiger partial charge < -0.3 is 15.5 Å². The molecule has 0 bridgehead atoms.